The molecule has 15 heteroatoms. The van der Waals surface area contributed by atoms with Gasteiger partial charge in [-0.2, -0.15) is 5.11 Å². The van der Waals surface area contributed by atoms with Crippen LogP contribution in [-0.2, 0) is 20.0 Å². The van der Waals surface area contributed by atoms with Gasteiger partial charge in [0, 0.05) is 24.3 Å². The molecule has 2 aliphatic rings. The van der Waals surface area contributed by atoms with Crippen molar-refractivity contribution in [2.75, 3.05) is 25.5 Å². The highest BCUT2D eigenvalue weighted by Gasteiger charge is 2.34. The molecule has 1 aromatic carbocycles. The standard InChI is InChI=1S/C15H18N8O4S3/c16-15-19-6-10(28-15)9-1-2-11(30(26,27)23-8-3-4-18-5-8)13(29(17,24)25)12(9)14-20-7-21-22-14/h1-2,6,8,18,23H,3-5,7H2,(H2,16,19)(H2,17,24,25)/t8-/m1/s1. The number of anilines is 1. The van der Waals surface area contributed by atoms with Gasteiger partial charge in [-0.05, 0) is 19.0 Å². The van der Waals surface area contributed by atoms with Crippen molar-refractivity contribution >= 4 is 42.4 Å². The number of hydrogen-bond donors (Lipinski definition) is 4. The molecule has 0 spiro atoms. The van der Waals surface area contributed by atoms with E-state index in [2.05, 4.69) is 30.2 Å². The first-order valence-corrected chi connectivity index (χ1v) is 12.6. The van der Waals surface area contributed by atoms with Crippen molar-refractivity contribution in [1.82, 2.24) is 15.0 Å². The number of nitrogens with zero attached hydrogens (tertiary/aromatic N) is 4. The lowest BCUT2D eigenvalue weighted by atomic mass is 10.1. The number of amidine groups is 1. The number of benzene rings is 1. The molecule has 0 bridgehead atoms. The Kier molecular flexibility index (Phi) is 5.41. The molecule has 0 saturated carbocycles. The van der Waals surface area contributed by atoms with Crippen LogP contribution in [0.1, 0.15) is 12.0 Å². The number of aliphatic imine (C=N–C) groups is 1. The van der Waals surface area contributed by atoms with Crippen LogP contribution in [0.15, 0.2) is 43.3 Å². The minimum Gasteiger partial charge on any atom is -0.375 e. The molecule has 160 valence electrons. The van der Waals surface area contributed by atoms with E-state index in [1.165, 1.54) is 18.3 Å². The molecule has 0 amide bonds. The summed E-state index contributed by atoms with van der Waals surface area (Å²) in [5.41, 5.74) is 6.01. The van der Waals surface area contributed by atoms with Crippen LogP contribution in [0.25, 0.3) is 10.4 Å². The normalized spacial score (nSPS) is 19.4. The van der Waals surface area contributed by atoms with Crippen LogP contribution >= 0.6 is 11.3 Å². The van der Waals surface area contributed by atoms with Gasteiger partial charge in [-0.15, -0.1) is 5.11 Å². The molecule has 2 aromatic rings. The highest BCUT2D eigenvalue weighted by molar-refractivity contribution is 7.92. The van der Waals surface area contributed by atoms with Crippen LogP contribution in [0.2, 0.25) is 0 Å². The number of sulfonamides is 2. The molecule has 1 saturated heterocycles. The lowest BCUT2D eigenvalue weighted by molar-refractivity contribution is 0.555. The number of nitrogens with two attached hydrogens (primary N) is 2. The van der Waals surface area contributed by atoms with Crippen molar-refractivity contribution in [3.8, 4) is 10.4 Å². The van der Waals surface area contributed by atoms with Crippen molar-refractivity contribution < 1.29 is 16.8 Å². The third-order valence-corrected chi connectivity index (χ3v) is 8.08. The maximum absolute atomic E-state index is 13.1. The van der Waals surface area contributed by atoms with Crippen LogP contribution < -0.4 is 20.9 Å². The van der Waals surface area contributed by atoms with Crippen molar-refractivity contribution in [2.45, 2.75) is 22.3 Å². The summed E-state index contributed by atoms with van der Waals surface area (Å²) < 4.78 is 53.9. The molecule has 2 aliphatic heterocycles. The molecule has 0 aliphatic carbocycles. The van der Waals surface area contributed by atoms with Gasteiger partial charge in [-0.3, -0.25) is 0 Å². The molecule has 1 fully saturated rings. The maximum Gasteiger partial charge on any atom is 0.242 e. The molecule has 1 aromatic heterocycles. The zero-order valence-electron chi connectivity index (χ0n) is 15.4. The summed E-state index contributed by atoms with van der Waals surface area (Å²) in [4.78, 5) is 7.51. The lowest BCUT2D eigenvalue weighted by Crippen LogP contribution is -2.37. The van der Waals surface area contributed by atoms with Gasteiger partial charge >= 0.3 is 0 Å². The van der Waals surface area contributed by atoms with E-state index in [4.69, 9.17) is 10.9 Å². The first-order chi connectivity index (χ1) is 14.2. The summed E-state index contributed by atoms with van der Waals surface area (Å²) in [6, 6.07) is 2.30. The summed E-state index contributed by atoms with van der Waals surface area (Å²) in [5.74, 6) is -0.0272. The second-order valence-corrected chi connectivity index (χ2v) is 10.8. The van der Waals surface area contributed by atoms with Crippen molar-refractivity contribution in [1.29, 1.82) is 0 Å². The summed E-state index contributed by atoms with van der Waals surface area (Å²) in [6.07, 6.45) is 2.03. The Morgan fingerprint density at radius 2 is 2.03 bits per heavy atom. The van der Waals surface area contributed by atoms with E-state index in [1.54, 1.807) is 0 Å². The van der Waals surface area contributed by atoms with Crippen LogP contribution in [-0.4, -0.2) is 53.5 Å². The van der Waals surface area contributed by atoms with E-state index in [0.29, 0.717) is 30.0 Å². The van der Waals surface area contributed by atoms with Gasteiger partial charge < -0.3 is 11.1 Å². The zero-order valence-corrected chi connectivity index (χ0v) is 17.9. The predicted molar refractivity (Wildman–Crippen MR) is 111 cm³/mol. The van der Waals surface area contributed by atoms with E-state index < -0.39 is 29.8 Å². The van der Waals surface area contributed by atoms with Gasteiger partial charge in [0.05, 0.1) is 10.4 Å². The third kappa shape index (κ3) is 3.99. The maximum atomic E-state index is 13.1. The largest absolute Gasteiger partial charge is 0.375 e. The first kappa shape index (κ1) is 21.0. The van der Waals surface area contributed by atoms with E-state index >= 15 is 0 Å². The average Bonchev–Trinajstić information content (AvgIpc) is 3.42. The quantitative estimate of drug-likeness (QED) is 0.450. The minimum absolute atomic E-state index is 0.00731. The number of rotatable bonds is 6. The van der Waals surface area contributed by atoms with Gasteiger partial charge in [0.15, 0.2) is 17.6 Å². The summed E-state index contributed by atoms with van der Waals surface area (Å²) in [7, 11) is -8.72. The molecular formula is C15H18N8O4S3. The Hall–Kier alpha value is -2.30. The molecule has 0 unspecified atom stereocenters. The Balaban J connectivity index is 1.98. The van der Waals surface area contributed by atoms with E-state index in [-0.39, 0.29) is 29.2 Å². The van der Waals surface area contributed by atoms with Crippen molar-refractivity contribution in [3.63, 3.8) is 0 Å². The average molecular weight is 471 g/mol. The number of aromatic nitrogens is 1. The number of hydrogen-bond acceptors (Lipinski definition) is 11. The van der Waals surface area contributed by atoms with E-state index in [0.717, 1.165) is 11.3 Å². The Bertz CT molecular complexity index is 1260. The van der Waals surface area contributed by atoms with Crippen LogP contribution in [0.5, 0.6) is 0 Å². The van der Waals surface area contributed by atoms with Crippen molar-refractivity contribution in [2.24, 2.45) is 20.4 Å². The predicted octanol–water partition coefficient (Wildman–Crippen LogP) is -0.150. The van der Waals surface area contributed by atoms with Gasteiger partial charge in [0.1, 0.15) is 9.79 Å². The molecule has 30 heavy (non-hydrogen) atoms. The smallest absolute Gasteiger partial charge is 0.242 e. The van der Waals surface area contributed by atoms with E-state index in [9.17, 15) is 16.8 Å². The number of azo groups is 1. The fourth-order valence-corrected chi connectivity index (χ4v) is 6.88. The Morgan fingerprint density at radius 3 is 2.60 bits per heavy atom. The molecule has 4 rings (SSSR count). The SMILES string of the molecule is Nc1ncc(-c2ccc(S(=O)(=O)N[C@@H]3CCNC3)c(S(N)(=O)=O)c2C2=NCN=N2)s1. The van der Waals surface area contributed by atoms with Crippen LogP contribution in [0, 0.1) is 0 Å². The summed E-state index contributed by atoms with van der Waals surface area (Å²) in [5, 5.41) is 16.4. The van der Waals surface area contributed by atoms with Gasteiger partial charge in [-0.1, -0.05) is 17.4 Å². The molecule has 1 atom stereocenters. The third-order valence-electron chi connectivity index (χ3n) is 4.54. The fourth-order valence-electron chi connectivity index (χ4n) is 3.29. The number of nitrogens with one attached hydrogen (secondary N) is 2. The minimum atomic E-state index is -4.51. The van der Waals surface area contributed by atoms with Gasteiger partial charge in [-0.25, -0.2) is 36.7 Å². The first-order valence-electron chi connectivity index (χ1n) is 8.73. The highest BCUT2D eigenvalue weighted by atomic mass is 32.2. The number of nitrogen functional groups attached to an aromatic ring is 1. The number of thiazole rings is 1. The van der Waals surface area contributed by atoms with Gasteiger partial charge in [0.25, 0.3) is 0 Å². The van der Waals surface area contributed by atoms with Crippen LogP contribution in [0.4, 0.5) is 5.13 Å². The Morgan fingerprint density at radius 1 is 1.23 bits per heavy atom. The molecule has 12 nitrogen and oxygen atoms in total. The zero-order chi connectivity index (χ0) is 21.5. The van der Waals surface area contributed by atoms with Crippen LogP contribution in [0.3, 0.4) is 0 Å². The lowest BCUT2D eigenvalue weighted by Gasteiger charge is -2.18. The van der Waals surface area contributed by atoms with Crippen molar-refractivity contribution in [3.05, 3.63) is 23.9 Å². The molecule has 0 radical (unpaired) electrons. The summed E-state index contributed by atoms with van der Waals surface area (Å²) >= 11 is 1.10. The monoisotopic (exact) mass is 470 g/mol. The summed E-state index contributed by atoms with van der Waals surface area (Å²) in [6.45, 7) is 1.09. The topological polar surface area (TPSA) is 194 Å². The fraction of sp³-hybridized carbons (Fsp3) is 0.333. The molecule has 3 heterocycles. The van der Waals surface area contributed by atoms with Gasteiger partial charge in [0.2, 0.25) is 20.0 Å². The highest BCUT2D eigenvalue weighted by Crippen LogP contribution is 2.37. The number of primary sulfonamides is 1. The Labute approximate surface area is 176 Å². The molecular weight excluding hydrogens is 452 g/mol. The second-order valence-electron chi connectivity index (χ2n) is 6.60. The second kappa shape index (κ2) is 7.75. The van der Waals surface area contributed by atoms with E-state index in [1.807, 2.05) is 0 Å². The molecule has 6 N–H and O–H groups in total.